The minimum absolute atomic E-state index is 0.00268. The second-order valence-corrected chi connectivity index (χ2v) is 6.46. The first kappa shape index (κ1) is 16.0. The average Bonchev–Trinajstić information content (AvgIpc) is 2.44. The van der Waals surface area contributed by atoms with Crippen LogP contribution in [0.15, 0.2) is 51.4 Å². The number of carbonyl (C=O) groups excluding carboxylic acids is 1. The third kappa shape index (κ3) is 4.86. The molecule has 0 aliphatic carbocycles. The summed E-state index contributed by atoms with van der Waals surface area (Å²) in [5, 5.41) is 2.90. The summed E-state index contributed by atoms with van der Waals surface area (Å²) in [5.41, 5.74) is 8.33. The molecule has 0 fully saturated rings. The van der Waals surface area contributed by atoms with Crippen molar-refractivity contribution in [3.63, 3.8) is 0 Å². The number of benzene rings is 2. The maximum atomic E-state index is 12.0. The Labute approximate surface area is 141 Å². The second-order valence-electron chi connectivity index (χ2n) is 4.75. The van der Waals surface area contributed by atoms with Crippen LogP contribution in [0.5, 0.6) is 0 Å². The Morgan fingerprint density at radius 2 is 1.71 bits per heavy atom. The molecule has 0 aliphatic heterocycles. The summed E-state index contributed by atoms with van der Waals surface area (Å²) in [4.78, 5) is 12.0. The summed E-state index contributed by atoms with van der Waals surface area (Å²) in [5.74, 6) is -0.00268. The first-order valence-electron chi connectivity index (χ1n) is 6.64. The van der Waals surface area contributed by atoms with E-state index in [1.54, 1.807) is 12.1 Å². The van der Waals surface area contributed by atoms with Gasteiger partial charge < -0.3 is 11.1 Å². The number of halogens is 2. The quantitative estimate of drug-likeness (QED) is 0.697. The van der Waals surface area contributed by atoms with Crippen molar-refractivity contribution in [1.82, 2.24) is 0 Å². The molecular weight excluding hydrogens is 396 g/mol. The molecule has 0 saturated heterocycles. The number of nitrogens with one attached hydrogen (secondary N) is 1. The lowest BCUT2D eigenvalue weighted by Gasteiger charge is -2.10. The van der Waals surface area contributed by atoms with Crippen molar-refractivity contribution < 1.29 is 4.79 Å². The largest absolute Gasteiger partial charge is 0.399 e. The molecule has 0 spiro atoms. The topological polar surface area (TPSA) is 55.1 Å². The van der Waals surface area contributed by atoms with Crippen molar-refractivity contribution in [3.8, 4) is 0 Å². The Kier molecular flexibility index (Phi) is 5.82. The van der Waals surface area contributed by atoms with Gasteiger partial charge in [0.2, 0.25) is 5.91 Å². The molecule has 0 aromatic heterocycles. The smallest absolute Gasteiger partial charge is 0.224 e. The minimum atomic E-state index is -0.00268. The zero-order valence-corrected chi connectivity index (χ0v) is 14.6. The Balaban J connectivity index is 1.88. The van der Waals surface area contributed by atoms with E-state index >= 15 is 0 Å². The highest BCUT2D eigenvalue weighted by molar-refractivity contribution is 9.11. The van der Waals surface area contributed by atoms with Crippen LogP contribution in [0, 0.1) is 0 Å². The van der Waals surface area contributed by atoms with Crippen LogP contribution in [0.1, 0.15) is 18.4 Å². The van der Waals surface area contributed by atoms with Gasteiger partial charge in [0.25, 0.3) is 0 Å². The van der Waals surface area contributed by atoms with Gasteiger partial charge in [-0.2, -0.15) is 0 Å². The van der Waals surface area contributed by atoms with Gasteiger partial charge in [0, 0.05) is 21.1 Å². The van der Waals surface area contributed by atoms with E-state index in [0.717, 1.165) is 21.8 Å². The first-order valence-corrected chi connectivity index (χ1v) is 8.23. The van der Waals surface area contributed by atoms with Crippen LogP contribution in [0.3, 0.4) is 0 Å². The molecule has 0 atom stereocenters. The molecule has 5 heteroatoms. The molecule has 1 amide bonds. The molecule has 21 heavy (non-hydrogen) atoms. The normalized spacial score (nSPS) is 10.4. The number of hydrogen-bond donors (Lipinski definition) is 2. The predicted octanol–water partition coefficient (Wildman–Crippen LogP) is 4.76. The first-order chi connectivity index (χ1) is 10.1. The highest BCUT2D eigenvalue weighted by atomic mass is 79.9. The summed E-state index contributed by atoms with van der Waals surface area (Å²) >= 11 is 6.81. The SMILES string of the molecule is Nc1cc(Br)c(NC(=O)CCCc2ccccc2)c(Br)c1. The van der Waals surface area contributed by atoms with Crippen molar-refractivity contribution in [2.24, 2.45) is 0 Å². The molecule has 110 valence electrons. The number of amides is 1. The van der Waals surface area contributed by atoms with Gasteiger partial charge in [-0.25, -0.2) is 0 Å². The molecule has 0 radical (unpaired) electrons. The highest BCUT2D eigenvalue weighted by Gasteiger charge is 2.10. The van der Waals surface area contributed by atoms with Gasteiger partial charge in [0.05, 0.1) is 5.69 Å². The third-order valence-electron chi connectivity index (χ3n) is 3.04. The molecule has 0 aliphatic rings. The van der Waals surface area contributed by atoms with Crippen LogP contribution < -0.4 is 11.1 Å². The number of aryl methyl sites for hydroxylation is 1. The molecule has 0 saturated carbocycles. The minimum Gasteiger partial charge on any atom is -0.399 e. The van der Waals surface area contributed by atoms with Gasteiger partial charge in [-0.05, 0) is 62.4 Å². The zero-order chi connectivity index (χ0) is 15.2. The Bertz CT molecular complexity index is 606. The summed E-state index contributed by atoms with van der Waals surface area (Å²) in [7, 11) is 0. The molecule has 3 nitrogen and oxygen atoms in total. The van der Waals surface area contributed by atoms with Crippen LogP contribution in [-0.4, -0.2) is 5.91 Å². The molecule has 0 unspecified atom stereocenters. The van der Waals surface area contributed by atoms with E-state index in [9.17, 15) is 4.79 Å². The van der Waals surface area contributed by atoms with Crippen LogP contribution in [0.4, 0.5) is 11.4 Å². The van der Waals surface area contributed by atoms with E-state index in [4.69, 9.17) is 5.73 Å². The summed E-state index contributed by atoms with van der Waals surface area (Å²) in [6.45, 7) is 0. The average molecular weight is 412 g/mol. The van der Waals surface area contributed by atoms with Gasteiger partial charge >= 0.3 is 0 Å². The van der Waals surface area contributed by atoms with Crippen LogP contribution in [0.2, 0.25) is 0 Å². The third-order valence-corrected chi connectivity index (χ3v) is 4.29. The molecule has 2 aromatic carbocycles. The van der Waals surface area contributed by atoms with Crippen molar-refractivity contribution in [1.29, 1.82) is 0 Å². The highest BCUT2D eigenvalue weighted by Crippen LogP contribution is 2.33. The Hall–Kier alpha value is -1.33. The van der Waals surface area contributed by atoms with E-state index < -0.39 is 0 Å². The van der Waals surface area contributed by atoms with Crippen LogP contribution in [-0.2, 0) is 11.2 Å². The zero-order valence-electron chi connectivity index (χ0n) is 11.4. The van der Waals surface area contributed by atoms with Crippen molar-refractivity contribution in [2.75, 3.05) is 11.1 Å². The van der Waals surface area contributed by atoms with Gasteiger partial charge in [-0.1, -0.05) is 30.3 Å². The van der Waals surface area contributed by atoms with Crippen LogP contribution >= 0.6 is 31.9 Å². The van der Waals surface area contributed by atoms with Crippen molar-refractivity contribution in [2.45, 2.75) is 19.3 Å². The van der Waals surface area contributed by atoms with Gasteiger partial charge in [-0.3, -0.25) is 4.79 Å². The summed E-state index contributed by atoms with van der Waals surface area (Å²) in [6.07, 6.45) is 2.20. The number of rotatable bonds is 5. The fourth-order valence-corrected chi connectivity index (χ4v) is 3.43. The van der Waals surface area contributed by atoms with Gasteiger partial charge in [0.15, 0.2) is 0 Å². The fraction of sp³-hybridized carbons (Fsp3) is 0.188. The monoisotopic (exact) mass is 410 g/mol. The second kappa shape index (κ2) is 7.61. The lowest BCUT2D eigenvalue weighted by Crippen LogP contribution is -2.12. The molecule has 2 rings (SSSR count). The van der Waals surface area contributed by atoms with E-state index in [1.807, 2.05) is 18.2 Å². The molecular formula is C16H16Br2N2O. The number of hydrogen-bond acceptors (Lipinski definition) is 2. The van der Waals surface area contributed by atoms with Crippen LogP contribution in [0.25, 0.3) is 0 Å². The Morgan fingerprint density at radius 3 is 2.33 bits per heavy atom. The standard InChI is InChI=1S/C16H16Br2N2O/c17-13-9-12(19)10-14(18)16(13)20-15(21)8-4-7-11-5-2-1-3-6-11/h1-3,5-6,9-10H,4,7-8,19H2,(H,20,21). The maximum absolute atomic E-state index is 12.0. The summed E-state index contributed by atoms with van der Waals surface area (Å²) in [6, 6.07) is 13.7. The van der Waals surface area contributed by atoms with E-state index in [0.29, 0.717) is 17.8 Å². The van der Waals surface area contributed by atoms with Gasteiger partial charge in [0.1, 0.15) is 0 Å². The number of nitrogens with two attached hydrogens (primary N) is 1. The van der Waals surface area contributed by atoms with Gasteiger partial charge in [-0.15, -0.1) is 0 Å². The lowest BCUT2D eigenvalue weighted by atomic mass is 10.1. The fourth-order valence-electron chi connectivity index (χ4n) is 2.01. The number of nitrogen functional groups attached to an aromatic ring is 1. The lowest BCUT2D eigenvalue weighted by molar-refractivity contribution is -0.116. The molecule has 2 aromatic rings. The van der Waals surface area contributed by atoms with Crippen molar-refractivity contribution in [3.05, 3.63) is 57.0 Å². The molecule has 3 N–H and O–H groups in total. The number of carbonyl (C=O) groups is 1. The van der Waals surface area contributed by atoms with Crippen molar-refractivity contribution >= 4 is 49.1 Å². The number of anilines is 2. The van der Waals surface area contributed by atoms with E-state index in [-0.39, 0.29) is 5.91 Å². The summed E-state index contributed by atoms with van der Waals surface area (Å²) < 4.78 is 1.54. The Morgan fingerprint density at radius 1 is 1.10 bits per heavy atom. The molecule has 0 heterocycles. The van der Waals surface area contributed by atoms with E-state index in [2.05, 4.69) is 49.3 Å². The molecule has 0 bridgehead atoms. The maximum Gasteiger partial charge on any atom is 0.224 e. The predicted molar refractivity (Wildman–Crippen MR) is 94.3 cm³/mol. The van der Waals surface area contributed by atoms with E-state index in [1.165, 1.54) is 5.56 Å².